The molecular weight excluding hydrogens is 326 g/mol. The highest BCUT2D eigenvalue weighted by atomic mass is 19.1. The van der Waals surface area contributed by atoms with Gasteiger partial charge in [-0.1, -0.05) is 0 Å². The molecule has 0 saturated heterocycles. The van der Waals surface area contributed by atoms with E-state index in [0.717, 1.165) is 5.69 Å². The van der Waals surface area contributed by atoms with Gasteiger partial charge in [-0.05, 0) is 63.2 Å². The van der Waals surface area contributed by atoms with E-state index < -0.39 is 17.5 Å². The van der Waals surface area contributed by atoms with Crippen LogP contribution in [0.15, 0.2) is 42.5 Å². The molecule has 1 amide bonds. The number of amides is 1. The third-order valence-electron chi connectivity index (χ3n) is 3.82. The molecule has 0 aromatic heterocycles. The summed E-state index contributed by atoms with van der Waals surface area (Å²) in [6, 6.07) is 10.2. The van der Waals surface area contributed by atoms with Gasteiger partial charge in [-0.25, -0.2) is 13.6 Å². The molecule has 3 rings (SSSR count). The lowest BCUT2D eigenvalue weighted by Crippen LogP contribution is -2.44. The number of rotatable bonds is 1. The van der Waals surface area contributed by atoms with Gasteiger partial charge in [0, 0.05) is 18.8 Å². The lowest BCUT2D eigenvalue weighted by Gasteiger charge is -2.38. The number of anilines is 3. The second-order valence-corrected chi connectivity index (χ2v) is 6.89. The second-order valence-electron chi connectivity index (χ2n) is 6.89. The SMILES string of the molecule is CC(C)(C)OC(=O)N1CCN(c2ccc(F)cc2)c2cc(F)ccc21. The highest BCUT2D eigenvalue weighted by Gasteiger charge is 2.31. The second kappa shape index (κ2) is 6.35. The standard InChI is InChI=1S/C19H20F2N2O2/c1-19(2,3)25-18(24)23-11-10-22(15-7-4-13(20)5-8-15)17-12-14(21)6-9-16(17)23/h4-9,12H,10-11H2,1-3H3. The van der Waals surface area contributed by atoms with Crippen LogP contribution in [0.2, 0.25) is 0 Å². The maximum absolute atomic E-state index is 13.8. The molecule has 1 aliphatic heterocycles. The molecule has 1 aliphatic rings. The van der Waals surface area contributed by atoms with Gasteiger partial charge < -0.3 is 9.64 Å². The number of hydrogen-bond donors (Lipinski definition) is 0. The summed E-state index contributed by atoms with van der Waals surface area (Å²) in [5, 5.41) is 0. The van der Waals surface area contributed by atoms with Gasteiger partial charge in [0.1, 0.15) is 17.2 Å². The molecule has 25 heavy (non-hydrogen) atoms. The van der Waals surface area contributed by atoms with Crippen LogP contribution in [0.25, 0.3) is 0 Å². The Hall–Kier alpha value is -2.63. The lowest BCUT2D eigenvalue weighted by molar-refractivity contribution is 0.0580. The van der Waals surface area contributed by atoms with Crippen LogP contribution in [0.5, 0.6) is 0 Å². The molecule has 6 heteroatoms. The van der Waals surface area contributed by atoms with E-state index in [9.17, 15) is 13.6 Å². The first-order chi connectivity index (χ1) is 11.7. The first-order valence-electron chi connectivity index (χ1n) is 8.08. The average molecular weight is 346 g/mol. The Morgan fingerprint density at radius 3 is 2.24 bits per heavy atom. The summed E-state index contributed by atoms with van der Waals surface area (Å²) in [5.74, 6) is -0.743. The fourth-order valence-electron chi connectivity index (χ4n) is 2.78. The molecule has 4 nitrogen and oxygen atoms in total. The molecule has 2 aromatic rings. The number of benzene rings is 2. The van der Waals surface area contributed by atoms with E-state index in [0.29, 0.717) is 24.5 Å². The van der Waals surface area contributed by atoms with Crippen LogP contribution in [0, 0.1) is 11.6 Å². The fourth-order valence-corrected chi connectivity index (χ4v) is 2.78. The zero-order chi connectivity index (χ0) is 18.2. The smallest absolute Gasteiger partial charge is 0.414 e. The van der Waals surface area contributed by atoms with Crippen molar-refractivity contribution in [3.63, 3.8) is 0 Å². The van der Waals surface area contributed by atoms with Gasteiger partial charge in [-0.15, -0.1) is 0 Å². The molecule has 0 bridgehead atoms. The van der Waals surface area contributed by atoms with Gasteiger partial charge in [0.05, 0.1) is 11.4 Å². The number of carbonyl (C=O) groups is 1. The fraction of sp³-hybridized carbons (Fsp3) is 0.316. The number of hydrogen-bond acceptors (Lipinski definition) is 3. The van der Waals surface area contributed by atoms with Gasteiger partial charge in [0.25, 0.3) is 0 Å². The number of halogens is 2. The molecule has 0 atom stereocenters. The van der Waals surface area contributed by atoms with E-state index in [1.807, 2.05) is 4.90 Å². The lowest BCUT2D eigenvalue weighted by atomic mass is 10.1. The predicted molar refractivity (Wildman–Crippen MR) is 93.4 cm³/mol. The summed E-state index contributed by atoms with van der Waals surface area (Å²) in [6.07, 6.45) is -0.473. The van der Waals surface area contributed by atoms with Crippen LogP contribution in [0.1, 0.15) is 20.8 Å². The van der Waals surface area contributed by atoms with Crippen LogP contribution >= 0.6 is 0 Å². The molecule has 2 aromatic carbocycles. The van der Waals surface area contributed by atoms with Crippen molar-refractivity contribution in [1.29, 1.82) is 0 Å². The molecular formula is C19H20F2N2O2. The molecule has 0 saturated carbocycles. The zero-order valence-corrected chi connectivity index (χ0v) is 14.4. The molecule has 132 valence electrons. The quantitative estimate of drug-likeness (QED) is 0.739. The molecule has 0 radical (unpaired) electrons. The first-order valence-corrected chi connectivity index (χ1v) is 8.08. The minimum Gasteiger partial charge on any atom is -0.443 e. The van der Waals surface area contributed by atoms with Gasteiger partial charge in [0.2, 0.25) is 0 Å². The van der Waals surface area contributed by atoms with E-state index in [2.05, 4.69) is 0 Å². The predicted octanol–water partition coefficient (Wildman–Crippen LogP) is 4.86. The Kier molecular flexibility index (Phi) is 4.37. The Morgan fingerprint density at radius 2 is 1.60 bits per heavy atom. The van der Waals surface area contributed by atoms with Crippen LogP contribution in [0.3, 0.4) is 0 Å². The number of nitrogens with zero attached hydrogens (tertiary/aromatic N) is 2. The number of carbonyl (C=O) groups excluding carboxylic acids is 1. The summed E-state index contributed by atoms with van der Waals surface area (Å²) < 4.78 is 32.5. The van der Waals surface area contributed by atoms with Crippen molar-refractivity contribution in [2.75, 3.05) is 22.9 Å². The monoisotopic (exact) mass is 346 g/mol. The largest absolute Gasteiger partial charge is 0.443 e. The van der Waals surface area contributed by atoms with Crippen molar-refractivity contribution in [1.82, 2.24) is 0 Å². The summed E-state index contributed by atoms with van der Waals surface area (Å²) in [5.41, 5.74) is 1.22. The molecule has 1 heterocycles. The zero-order valence-electron chi connectivity index (χ0n) is 14.4. The molecule has 0 fully saturated rings. The Balaban J connectivity index is 1.98. The van der Waals surface area contributed by atoms with Crippen molar-refractivity contribution in [2.24, 2.45) is 0 Å². The Bertz CT molecular complexity index is 785. The van der Waals surface area contributed by atoms with Crippen molar-refractivity contribution in [3.8, 4) is 0 Å². The molecule has 0 spiro atoms. The first kappa shape index (κ1) is 17.2. The number of ether oxygens (including phenoxy) is 1. The minimum absolute atomic E-state index is 0.337. The van der Waals surface area contributed by atoms with Crippen LogP contribution in [-0.2, 0) is 4.74 Å². The van der Waals surface area contributed by atoms with E-state index in [1.54, 1.807) is 39.0 Å². The summed E-state index contributed by atoms with van der Waals surface area (Å²) in [7, 11) is 0. The number of fused-ring (bicyclic) bond motifs is 1. The highest BCUT2D eigenvalue weighted by Crippen LogP contribution is 2.38. The maximum atomic E-state index is 13.8. The van der Waals surface area contributed by atoms with Crippen molar-refractivity contribution < 1.29 is 18.3 Å². The van der Waals surface area contributed by atoms with Crippen LogP contribution in [-0.4, -0.2) is 24.8 Å². The Morgan fingerprint density at radius 1 is 0.960 bits per heavy atom. The van der Waals surface area contributed by atoms with Gasteiger partial charge in [-0.3, -0.25) is 4.90 Å². The van der Waals surface area contributed by atoms with Crippen molar-refractivity contribution in [2.45, 2.75) is 26.4 Å². The van der Waals surface area contributed by atoms with Crippen LogP contribution < -0.4 is 9.80 Å². The third-order valence-corrected chi connectivity index (χ3v) is 3.82. The molecule has 0 unspecified atom stereocenters. The van der Waals surface area contributed by atoms with E-state index in [-0.39, 0.29) is 5.82 Å². The topological polar surface area (TPSA) is 32.8 Å². The van der Waals surface area contributed by atoms with Gasteiger partial charge >= 0.3 is 6.09 Å². The van der Waals surface area contributed by atoms with E-state index in [4.69, 9.17) is 4.74 Å². The summed E-state index contributed by atoms with van der Waals surface area (Å²) >= 11 is 0. The average Bonchev–Trinajstić information content (AvgIpc) is 2.53. The van der Waals surface area contributed by atoms with Crippen LogP contribution in [0.4, 0.5) is 30.6 Å². The van der Waals surface area contributed by atoms with Crippen molar-refractivity contribution >= 4 is 23.2 Å². The minimum atomic E-state index is -0.620. The normalized spacial score (nSPS) is 14.3. The summed E-state index contributed by atoms with van der Waals surface area (Å²) in [4.78, 5) is 15.9. The molecule has 0 aliphatic carbocycles. The summed E-state index contributed by atoms with van der Waals surface area (Å²) in [6.45, 7) is 6.22. The third kappa shape index (κ3) is 3.73. The van der Waals surface area contributed by atoms with Gasteiger partial charge in [-0.2, -0.15) is 0 Å². The Labute approximate surface area is 145 Å². The highest BCUT2D eigenvalue weighted by molar-refractivity contribution is 5.95. The van der Waals surface area contributed by atoms with E-state index in [1.165, 1.54) is 29.2 Å². The van der Waals surface area contributed by atoms with Gasteiger partial charge in [0.15, 0.2) is 0 Å². The maximum Gasteiger partial charge on any atom is 0.414 e. The molecule has 0 N–H and O–H groups in total. The van der Waals surface area contributed by atoms with E-state index >= 15 is 0 Å². The van der Waals surface area contributed by atoms with Crippen molar-refractivity contribution in [3.05, 3.63) is 54.1 Å².